The third kappa shape index (κ3) is 4.63. The smallest absolute Gasteiger partial charge is 0.352 e. The number of benzene rings is 1. The highest BCUT2D eigenvalue weighted by Crippen LogP contribution is 2.29. The van der Waals surface area contributed by atoms with E-state index in [0.29, 0.717) is 18.3 Å². The van der Waals surface area contributed by atoms with Gasteiger partial charge in [-0.3, -0.25) is 9.36 Å². The summed E-state index contributed by atoms with van der Waals surface area (Å²) >= 11 is 0. The summed E-state index contributed by atoms with van der Waals surface area (Å²) in [6.07, 6.45) is 0.753. The van der Waals surface area contributed by atoms with Crippen LogP contribution in [0.2, 0.25) is 0 Å². The molecular formula is C21H17F3N6O. The minimum atomic E-state index is -4.43. The van der Waals surface area contributed by atoms with Crippen LogP contribution in [0.5, 0.6) is 0 Å². The van der Waals surface area contributed by atoms with Crippen molar-refractivity contribution in [3.8, 4) is 5.82 Å². The van der Waals surface area contributed by atoms with E-state index in [0.717, 1.165) is 35.3 Å². The second-order valence-electron chi connectivity index (χ2n) is 6.60. The number of rotatable bonds is 6. The molecule has 0 fully saturated rings. The largest absolute Gasteiger partial charge is 0.416 e. The number of halogens is 3. The molecule has 31 heavy (non-hydrogen) atoms. The molecule has 3 heterocycles. The van der Waals surface area contributed by atoms with Gasteiger partial charge in [0.05, 0.1) is 5.56 Å². The van der Waals surface area contributed by atoms with E-state index in [2.05, 4.69) is 25.6 Å². The minimum absolute atomic E-state index is 0.151. The number of hydrogen-bond donors (Lipinski definition) is 2. The zero-order valence-corrected chi connectivity index (χ0v) is 16.1. The Kier molecular flexibility index (Phi) is 5.52. The second kappa shape index (κ2) is 8.42. The summed E-state index contributed by atoms with van der Waals surface area (Å²) in [5.41, 5.74) is 0.127. The molecule has 0 aliphatic carbocycles. The molecule has 10 heteroatoms. The Morgan fingerprint density at radius 3 is 2.55 bits per heavy atom. The molecule has 0 bridgehead atoms. The van der Waals surface area contributed by atoms with Gasteiger partial charge in [0.25, 0.3) is 5.91 Å². The van der Waals surface area contributed by atoms with Crippen LogP contribution >= 0.6 is 0 Å². The number of carbonyl (C=O) groups excluding carboxylic acids is 1. The quantitative estimate of drug-likeness (QED) is 0.460. The van der Waals surface area contributed by atoms with E-state index in [4.69, 9.17) is 0 Å². The van der Waals surface area contributed by atoms with Crippen LogP contribution in [0.4, 0.5) is 19.1 Å². The van der Waals surface area contributed by atoms with E-state index < -0.39 is 17.6 Å². The first kappa shape index (κ1) is 20.3. The van der Waals surface area contributed by atoms with Gasteiger partial charge in [-0.2, -0.15) is 18.2 Å². The van der Waals surface area contributed by atoms with Gasteiger partial charge >= 0.3 is 6.18 Å². The number of alkyl halides is 3. The van der Waals surface area contributed by atoms with E-state index in [1.54, 1.807) is 18.5 Å². The molecule has 4 aromatic rings. The average molecular weight is 426 g/mol. The van der Waals surface area contributed by atoms with E-state index in [9.17, 15) is 18.0 Å². The molecule has 0 saturated heterocycles. The van der Waals surface area contributed by atoms with Gasteiger partial charge in [0.1, 0.15) is 11.5 Å². The molecule has 0 atom stereocenters. The molecule has 1 amide bonds. The Hall–Kier alpha value is -3.95. The lowest BCUT2D eigenvalue weighted by Crippen LogP contribution is -2.29. The van der Waals surface area contributed by atoms with Crippen molar-refractivity contribution in [3.05, 3.63) is 78.2 Å². The average Bonchev–Trinajstić information content (AvgIpc) is 3.20. The Morgan fingerprint density at radius 2 is 1.77 bits per heavy atom. The number of carbonyl (C=O) groups is 1. The van der Waals surface area contributed by atoms with Crippen LogP contribution in [0.3, 0.4) is 0 Å². The molecule has 0 spiro atoms. The van der Waals surface area contributed by atoms with Gasteiger partial charge in [-0.05, 0) is 48.5 Å². The molecule has 4 rings (SSSR count). The van der Waals surface area contributed by atoms with Crippen LogP contribution in [0.15, 0.2) is 67.1 Å². The standard InChI is InChI=1S/C21H17F3N6O/c22-21(23,24)16-5-3-15(4-6-16)19(31)26-11-12-28-20-27-10-7-17(29-20)30-13-8-14-2-1-9-25-18(14)30/h1-10,13H,11-12H2,(H,26,31)(H,27,28,29). The molecular weight excluding hydrogens is 409 g/mol. The van der Waals surface area contributed by atoms with Gasteiger partial charge in [0, 0.05) is 42.6 Å². The molecule has 0 aliphatic rings. The van der Waals surface area contributed by atoms with E-state index in [1.165, 1.54) is 0 Å². The Labute approximate surface area is 175 Å². The summed E-state index contributed by atoms with van der Waals surface area (Å²) in [5, 5.41) is 6.64. The fourth-order valence-electron chi connectivity index (χ4n) is 2.98. The first-order valence-electron chi connectivity index (χ1n) is 9.37. The van der Waals surface area contributed by atoms with E-state index >= 15 is 0 Å². The lowest BCUT2D eigenvalue weighted by molar-refractivity contribution is -0.137. The number of anilines is 1. The van der Waals surface area contributed by atoms with Gasteiger partial charge < -0.3 is 10.6 Å². The Bertz CT molecular complexity index is 1200. The van der Waals surface area contributed by atoms with Crippen molar-refractivity contribution in [1.29, 1.82) is 0 Å². The third-order valence-corrected chi connectivity index (χ3v) is 4.50. The maximum Gasteiger partial charge on any atom is 0.416 e. The molecule has 0 saturated carbocycles. The molecule has 2 N–H and O–H groups in total. The predicted octanol–water partition coefficient (Wildman–Crippen LogP) is 3.68. The number of amides is 1. The summed E-state index contributed by atoms with van der Waals surface area (Å²) in [6.45, 7) is 0.571. The number of hydrogen-bond acceptors (Lipinski definition) is 5. The first-order chi connectivity index (χ1) is 14.9. The third-order valence-electron chi connectivity index (χ3n) is 4.50. The number of nitrogens with zero attached hydrogens (tertiary/aromatic N) is 4. The van der Waals surface area contributed by atoms with Crippen molar-refractivity contribution in [2.45, 2.75) is 6.18 Å². The summed E-state index contributed by atoms with van der Waals surface area (Å²) in [7, 11) is 0. The monoisotopic (exact) mass is 426 g/mol. The topological polar surface area (TPSA) is 84.7 Å². The molecule has 7 nitrogen and oxygen atoms in total. The molecule has 0 radical (unpaired) electrons. The van der Waals surface area contributed by atoms with Gasteiger partial charge in [-0.25, -0.2) is 9.97 Å². The minimum Gasteiger partial charge on any atom is -0.352 e. The highest BCUT2D eigenvalue weighted by molar-refractivity contribution is 5.94. The maximum atomic E-state index is 12.6. The van der Waals surface area contributed by atoms with Crippen molar-refractivity contribution >= 4 is 22.9 Å². The molecule has 0 aliphatic heterocycles. The zero-order valence-electron chi connectivity index (χ0n) is 16.1. The normalized spacial score (nSPS) is 11.5. The fourth-order valence-corrected chi connectivity index (χ4v) is 2.98. The maximum absolute atomic E-state index is 12.6. The fraction of sp³-hybridized carbons (Fsp3) is 0.143. The SMILES string of the molecule is O=C(NCCNc1nccc(-n2ccc3cccnc32)n1)c1ccc(C(F)(F)F)cc1. The van der Waals surface area contributed by atoms with Crippen LogP contribution in [-0.2, 0) is 6.18 Å². The van der Waals surface area contributed by atoms with Crippen LogP contribution in [-0.4, -0.2) is 38.5 Å². The summed E-state index contributed by atoms with van der Waals surface area (Å²) < 4.78 is 39.6. The van der Waals surface area contributed by atoms with Gasteiger partial charge in [0.15, 0.2) is 0 Å². The number of fused-ring (bicyclic) bond motifs is 1. The van der Waals surface area contributed by atoms with Crippen molar-refractivity contribution in [2.24, 2.45) is 0 Å². The lowest BCUT2D eigenvalue weighted by Gasteiger charge is -2.10. The van der Waals surface area contributed by atoms with Gasteiger partial charge in [-0.1, -0.05) is 0 Å². The van der Waals surface area contributed by atoms with Gasteiger partial charge in [0.2, 0.25) is 5.95 Å². The zero-order chi connectivity index (χ0) is 21.8. The molecule has 1 aromatic carbocycles. The van der Waals surface area contributed by atoms with E-state index in [1.807, 2.05) is 29.0 Å². The highest BCUT2D eigenvalue weighted by atomic mass is 19.4. The lowest BCUT2D eigenvalue weighted by atomic mass is 10.1. The van der Waals surface area contributed by atoms with Crippen molar-refractivity contribution in [2.75, 3.05) is 18.4 Å². The second-order valence-corrected chi connectivity index (χ2v) is 6.60. The Morgan fingerprint density at radius 1 is 0.968 bits per heavy atom. The number of aromatic nitrogens is 4. The summed E-state index contributed by atoms with van der Waals surface area (Å²) in [6, 6.07) is 11.6. The van der Waals surface area contributed by atoms with Crippen molar-refractivity contribution in [1.82, 2.24) is 24.8 Å². The summed E-state index contributed by atoms with van der Waals surface area (Å²) in [4.78, 5) is 25.1. The van der Waals surface area contributed by atoms with Crippen LogP contribution in [0.1, 0.15) is 15.9 Å². The number of pyridine rings is 1. The predicted molar refractivity (Wildman–Crippen MR) is 109 cm³/mol. The van der Waals surface area contributed by atoms with Crippen LogP contribution in [0.25, 0.3) is 16.9 Å². The van der Waals surface area contributed by atoms with Gasteiger partial charge in [-0.15, -0.1) is 0 Å². The molecule has 158 valence electrons. The first-order valence-corrected chi connectivity index (χ1v) is 9.37. The summed E-state index contributed by atoms with van der Waals surface area (Å²) in [5.74, 6) is 0.550. The molecule has 3 aromatic heterocycles. The van der Waals surface area contributed by atoms with Crippen LogP contribution in [0, 0.1) is 0 Å². The van der Waals surface area contributed by atoms with E-state index in [-0.39, 0.29) is 12.1 Å². The Balaban J connectivity index is 1.33. The van der Waals surface area contributed by atoms with Crippen molar-refractivity contribution < 1.29 is 18.0 Å². The molecule has 0 unspecified atom stereocenters. The van der Waals surface area contributed by atoms with Crippen LogP contribution < -0.4 is 10.6 Å². The van der Waals surface area contributed by atoms with Crippen molar-refractivity contribution in [3.63, 3.8) is 0 Å². The number of nitrogens with one attached hydrogen (secondary N) is 2. The highest BCUT2D eigenvalue weighted by Gasteiger charge is 2.30.